The number of amides is 1. The van der Waals surface area contributed by atoms with Crippen molar-refractivity contribution >= 4 is 11.7 Å². The topological polar surface area (TPSA) is 102 Å². The van der Waals surface area contributed by atoms with Crippen molar-refractivity contribution in [3.63, 3.8) is 0 Å². The van der Waals surface area contributed by atoms with E-state index < -0.39 is 6.04 Å². The van der Waals surface area contributed by atoms with Crippen molar-refractivity contribution in [2.75, 3.05) is 5.32 Å². The van der Waals surface area contributed by atoms with Gasteiger partial charge in [0.05, 0.1) is 6.04 Å². The van der Waals surface area contributed by atoms with Crippen molar-refractivity contribution in [3.8, 4) is 0 Å². The molecular formula is C25H28FN5O2. The maximum Gasteiger partial charge on any atom is 0.294 e. The van der Waals surface area contributed by atoms with Gasteiger partial charge >= 0.3 is 0 Å². The van der Waals surface area contributed by atoms with Gasteiger partial charge < -0.3 is 16.4 Å². The van der Waals surface area contributed by atoms with Crippen LogP contribution in [0.2, 0.25) is 0 Å². The Morgan fingerprint density at radius 2 is 2.00 bits per heavy atom. The summed E-state index contributed by atoms with van der Waals surface area (Å²) in [7, 11) is 0. The molecule has 2 aromatic carbocycles. The molecular weight excluding hydrogens is 421 g/mol. The minimum absolute atomic E-state index is 0.144. The van der Waals surface area contributed by atoms with Crippen LogP contribution in [0.5, 0.6) is 0 Å². The molecule has 1 aromatic heterocycles. The molecule has 0 fully saturated rings. The third-order valence-corrected chi connectivity index (χ3v) is 6.00. The van der Waals surface area contributed by atoms with Crippen LogP contribution in [-0.4, -0.2) is 15.5 Å². The molecule has 0 aliphatic carbocycles. The summed E-state index contributed by atoms with van der Waals surface area (Å²) >= 11 is 0. The lowest BCUT2D eigenvalue weighted by Gasteiger charge is -2.20. The molecule has 7 nitrogen and oxygen atoms in total. The van der Waals surface area contributed by atoms with Gasteiger partial charge in [-0.05, 0) is 61.1 Å². The fourth-order valence-electron chi connectivity index (χ4n) is 4.25. The number of benzene rings is 2. The number of nitrogens with two attached hydrogens (primary N) is 1. The molecule has 172 valence electrons. The van der Waals surface area contributed by atoms with Gasteiger partial charge in [-0.2, -0.15) is 0 Å². The average Bonchev–Trinajstić information content (AvgIpc) is 3.23. The van der Waals surface area contributed by atoms with Gasteiger partial charge in [0.2, 0.25) is 5.91 Å². The Labute approximate surface area is 191 Å². The van der Waals surface area contributed by atoms with Crippen LogP contribution in [0.3, 0.4) is 0 Å². The van der Waals surface area contributed by atoms with Crippen LogP contribution in [0, 0.1) is 12.7 Å². The molecule has 0 unspecified atom stereocenters. The van der Waals surface area contributed by atoms with Crippen molar-refractivity contribution in [1.82, 2.24) is 14.9 Å². The maximum atomic E-state index is 13.7. The van der Waals surface area contributed by atoms with E-state index in [9.17, 15) is 14.0 Å². The summed E-state index contributed by atoms with van der Waals surface area (Å²) in [6, 6.07) is 11.7. The molecule has 0 spiro atoms. The fourth-order valence-corrected chi connectivity index (χ4v) is 4.25. The number of hydrogen-bond acceptors (Lipinski definition) is 5. The van der Waals surface area contributed by atoms with E-state index in [0.717, 1.165) is 22.4 Å². The molecule has 2 atom stereocenters. The quantitative estimate of drug-likeness (QED) is 0.514. The predicted molar refractivity (Wildman–Crippen MR) is 125 cm³/mol. The SMILES string of the molecule is Cc1cc(F)cc(CNc2ncc3n(c2=O)[C@H](C(=O)N[C@H](C)c2ccc(CN)cc2)CC3)c1. The molecule has 33 heavy (non-hydrogen) atoms. The summed E-state index contributed by atoms with van der Waals surface area (Å²) in [5, 5.41) is 6.02. The third-order valence-electron chi connectivity index (χ3n) is 6.00. The summed E-state index contributed by atoms with van der Waals surface area (Å²) in [5.41, 5.74) is 9.53. The average molecular weight is 450 g/mol. The Hall–Kier alpha value is -3.52. The number of nitrogens with one attached hydrogen (secondary N) is 2. The number of rotatable bonds is 7. The maximum absolute atomic E-state index is 13.7. The van der Waals surface area contributed by atoms with E-state index in [2.05, 4.69) is 15.6 Å². The third kappa shape index (κ3) is 4.96. The second kappa shape index (κ2) is 9.54. The first-order valence-corrected chi connectivity index (χ1v) is 11.1. The van der Waals surface area contributed by atoms with Gasteiger partial charge in [-0.3, -0.25) is 14.2 Å². The molecule has 1 aliphatic rings. The number of anilines is 1. The Balaban J connectivity index is 1.49. The minimum Gasteiger partial charge on any atom is -0.361 e. The van der Waals surface area contributed by atoms with Gasteiger partial charge in [0, 0.05) is 25.0 Å². The zero-order valence-corrected chi connectivity index (χ0v) is 18.8. The summed E-state index contributed by atoms with van der Waals surface area (Å²) in [5.74, 6) is -0.385. The molecule has 4 N–H and O–H groups in total. The van der Waals surface area contributed by atoms with Crippen LogP contribution < -0.4 is 21.9 Å². The van der Waals surface area contributed by atoms with Crippen LogP contribution in [0.4, 0.5) is 10.2 Å². The first-order valence-electron chi connectivity index (χ1n) is 11.1. The second-order valence-corrected chi connectivity index (χ2v) is 8.49. The van der Waals surface area contributed by atoms with Gasteiger partial charge in [0.25, 0.3) is 5.56 Å². The number of hydrogen-bond donors (Lipinski definition) is 3. The number of nitrogens with zero attached hydrogens (tertiary/aromatic N) is 2. The van der Waals surface area contributed by atoms with E-state index in [4.69, 9.17) is 5.73 Å². The Kier molecular flexibility index (Phi) is 6.55. The Morgan fingerprint density at radius 1 is 1.24 bits per heavy atom. The van der Waals surface area contributed by atoms with Crippen LogP contribution in [-0.2, 0) is 24.3 Å². The van der Waals surface area contributed by atoms with E-state index in [1.807, 2.05) is 44.2 Å². The van der Waals surface area contributed by atoms with Crippen molar-refractivity contribution in [2.45, 2.75) is 51.9 Å². The number of halogens is 1. The number of fused-ring (bicyclic) bond motifs is 1. The number of carbonyl (C=O) groups is 1. The fraction of sp³-hybridized carbons (Fsp3) is 0.320. The highest BCUT2D eigenvalue weighted by Crippen LogP contribution is 2.25. The lowest BCUT2D eigenvalue weighted by molar-refractivity contribution is -0.124. The monoisotopic (exact) mass is 449 g/mol. The molecule has 1 aliphatic heterocycles. The summed E-state index contributed by atoms with van der Waals surface area (Å²) in [6.07, 6.45) is 2.76. The summed E-state index contributed by atoms with van der Waals surface area (Å²) in [6.45, 7) is 4.44. The molecule has 1 amide bonds. The zero-order valence-electron chi connectivity index (χ0n) is 18.8. The number of aryl methyl sites for hydroxylation is 2. The van der Waals surface area contributed by atoms with Crippen LogP contribution in [0.15, 0.2) is 53.5 Å². The van der Waals surface area contributed by atoms with E-state index >= 15 is 0 Å². The van der Waals surface area contributed by atoms with Gasteiger partial charge in [-0.1, -0.05) is 30.3 Å². The first-order chi connectivity index (χ1) is 15.9. The molecule has 4 rings (SSSR count). The van der Waals surface area contributed by atoms with E-state index in [1.165, 1.54) is 16.7 Å². The molecule has 3 aromatic rings. The van der Waals surface area contributed by atoms with Gasteiger partial charge in [-0.15, -0.1) is 0 Å². The lowest BCUT2D eigenvalue weighted by atomic mass is 10.1. The molecule has 0 radical (unpaired) electrons. The highest BCUT2D eigenvalue weighted by atomic mass is 19.1. The molecule has 0 saturated carbocycles. The van der Waals surface area contributed by atoms with Gasteiger partial charge in [-0.25, -0.2) is 9.37 Å². The zero-order chi connectivity index (χ0) is 23.5. The highest BCUT2D eigenvalue weighted by molar-refractivity contribution is 5.81. The lowest BCUT2D eigenvalue weighted by Crippen LogP contribution is -2.37. The van der Waals surface area contributed by atoms with Crippen molar-refractivity contribution < 1.29 is 9.18 Å². The Morgan fingerprint density at radius 3 is 2.70 bits per heavy atom. The Bertz CT molecular complexity index is 1200. The summed E-state index contributed by atoms with van der Waals surface area (Å²) < 4.78 is 15.2. The summed E-state index contributed by atoms with van der Waals surface area (Å²) in [4.78, 5) is 30.4. The molecule has 0 bridgehead atoms. The predicted octanol–water partition coefficient (Wildman–Crippen LogP) is 3.13. The van der Waals surface area contributed by atoms with Crippen LogP contribution in [0.1, 0.15) is 53.4 Å². The van der Waals surface area contributed by atoms with Crippen LogP contribution in [0.25, 0.3) is 0 Å². The largest absolute Gasteiger partial charge is 0.361 e. The van der Waals surface area contributed by atoms with E-state index in [0.29, 0.717) is 24.9 Å². The van der Waals surface area contributed by atoms with Gasteiger partial charge in [0.1, 0.15) is 11.9 Å². The first kappa shape index (κ1) is 22.7. The molecule has 0 saturated heterocycles. The minimum atomic E-state index is -0.599. The standard InChI is InChI=1S/C25H28FN5O2/c1-15-9-18(11-20(26)10-15)13-28-23-25(33)31-21(14-29-23)7-8-22(31)24(32)30-16(2)19-5-3-17(12-27)4-6-19/h3-6,9-11,14,16,22H,7-8,12-13,27H2,1-2H3,(H,28,29)(H,30,32)/t16-,22+/m1/s1. The van der Waals surface area contributed by atoms with Crippen molar-refractivity contribution in [2.24, 2.45) is 5.73 Å². The van der Waals surface area contributed by atoms with Crippen molar-refractivity contribution in [1.29, 1.82) is 0 Å². The molecule has 8 heteroatoms. The normalized spacial score (nSPS) is 15.7. The highest BCUT2D eigenvalue weighted by Gasteiger charge is 2.31. The number of aromatic nitrogens is 2. The second-order valence-electron chi connectivity index (χ2n) is 8.49. The van der Waals surface area contributed by atoms with E-state index in [1.54, 1.807) is 6.20 Å². The smallest absolute Gasteiger partial charge is 0.294 e. The number of carbonyl (C=O) groups excluding carboxylic acids is 1. The molecule has 2 heterocycles. The van der Waals surface area contributed by atoms with E-state index in [-0.39, 0.29) is 35.7 Å². The van der Waals surface area contributed by atoms with Crippen LogP contribution >= 0.6 is 0 Å². The van der Waals surface area contributed by atoms with Crippen molar-refractivity contribution in [3.05, 3.63) is 92.8 Å². The van der Waals surface area contributed by atoms with Gasteiger partial charge in [0.15, 0.2) is 5.82 Å².